The molecule has 0 amide bonds. The lowest BCUT2D eigenvalue weighted by Crippen LogP contribution is -2.24. The second-order valence-electron chi connectivity index (χ2n) is 4.73. The quantitative estimate of drug-likeness (QED) is 0.817. The van der Waals surface area contributed by atoms with Gasteiger partial charge in [0.2, 0.25) is 17.8 Å². The Kier molecular flexibility index (Phi) is 3.31. The summed E-state index contributed by atoms with van der Waals surface area (Å²) < 4.78 is 0. The van der Waals surface area contributed by atoms with Crippen molar-refractivity contribution >= 4 is 17.8 Å². The summed E-state index contributed by atoms with van der Waals surface area (Å²) in [5.74, 6) is 2.85. The molecule has 17 heavy (non-hydrogen) atoms. The molecule has 1 aromatic rings. The Balaban J connectivity index is 2.21. The first kappa shape index (κ1) is 11.9. The van der Waals surface area contributed by atoms with E-state index in [1.54, 1.807) is 0 Å². The highest BCUT2D eigenvalue weighted by atomic mass is 15.3. The van der Waals surface area contributed by atoms with E-state index in [2.05, 4.69) is 25.2 Å². The molecule has 0 saturated heterocycles. The van der Waals surface area contributed by atoms with Crippen LogP contribution in [0.15, 0.2) is 0 Å². The van der Waals surface area contributed by atoms with Crippen molar-refractivity contribution < 1.29 is 0 Å². The first-order valence-electron chi connectivity index (χ1n) is 5.92. The predicted molar refractivity (Wildman–Crippen MR) is 69.7 cm³/mol. The van der Waals surface area contributed by atoms with Crippen molar-refractivity contribution in [2.75, 3.05) is 49.9 Å². The van der Waals surface area contributed by atoms with Crippen molar-refractivity contribution in [3.05, 3.63) is 0 Å². The Morgan fingerprint density at radius 2 is 1.76 bits per heavy atom. The van der Waals surface area contributed by atoms with Gasteiger partial charge in [-0.25, -0.2) is 0 Å². The minimum Gasteiger partial charge on any atom is -0.357 e. The van der Waals surface area contributed by atoms with Crippen LogP contribution in [0, 0.1) is 5.92 Å². The fourth-order valence-corrected chi connectivity index (χ4v) is 1.61. The van der Waals surface area contributed by atoms with E-state index in [9.17, 15) is 0 Å². The Morgan fingerprint density at radius 1 is 1.12 bits per heavy atom. The van der Waals surface area contributed by atoms with Crippen LogP contribution >= 0.6 is 0 Å². The third-order valence-electron chi connectivity index (χ3n) is 2.81. The standard InChI is InChI=1S/C11H20N6/c1-12-9-13-10(16(2)3)15-11(14-9)17(4)7-8-5-6-8/h8H,5-7H2,1-4H3,(H,12,13,14,15). The zero-order valence-electron chi connectivity index (χ0n) is 10.9. The summed E-state index contributed by atoms with van der Waals surface area (Å²) in [7, 11) is 7.71. The van der Waals surface area contributed by atoms with Gasteiger partial charge in [-0.3, -0.25) is 0 Å². The monoisotopic (exact) mass is 236 g/mol. The zero-order valence-corrected chi connectivity index (χ0v) is 10.9. The van der Waals surface area contributed by atoms with Crippen molar-refractivity contribution in [2.45, 2.75) is 12.8 Å². The van der Waals surface area contributed by atoms with Crippen LogP contribution in [0.25, 0.3) is 0 Å². The molecule has 0 unspecified atom stereocenters. The molecule has 0 atom stereocenters. The molecule has 0 bridgehead atoms. The number of nitrogens with one attached hydrogen (secondary N) is 1. The number of nitrogens with zero attached hydrogens (tertiary/aromatic N) is 5. The summed E-state index contributed by atoms with van der Waals surface area (Å²) in [6.07, 6.45) is 2.66. The van der Waals surface area contributed by atoms with Gasteiger partial charge in [-0.2, -0.15) is 15.0 Å². The minimum atomic E-state index is 0.612. The molecule has 1 aromatic heterocycles. The van der Waals surface area contributed by atoms with Gasteiger partial charge >= 0.3 is 0 Å². The van der Waals surface area contributed by atoms with Crippen LogP contribution in [0.2, 0.25) is 0 Å². The van der Waals surface area contributed by atoms with Gasteiger partial charge in [-0.15, -0.1) is 0 Å². The van der Waals surface area contributed by atoms with E-state index in [1.807, 2.05) is 33.1 Å². The molecule has 0 aromatic carbocycles. The van der Waals surface area contributed by atoms with Gasteiger partial charge in [0.15, 0.2) is 0 Å². The fraction of sp³-hybridized carbons (Fsp3) is 0.727. The van der Waals surface area contributed by atoms with Gasteiger partial charge in [-0.05, 0) is 18.8 Å². The summed E-state index contributed by atoms with van der Waals surface area (Å²) in [5.41, 5.74) is 0. The molecule has 6 nitrogen and oxygen atoms in total. The van der Waals surface area contributed by atoms with Gasteiger partial charge in [0, 0.05) is 34.7 Å². The highest BCUT2D eigenvalue weighted by molar-refractivity contribution is 5.43. The summed E-state index contributed by atoms with van der Waals surface area (Å²) >= 11 is 0. The van der Waals surface area contributed by atoms with Gasteiger partial charge in [-0.1, -0.05) is 0 Å². The Labute approximate surface area is 102 Å². The van der Waals surface area contributed by atoms with Crippen LogP contribution in [0.5, 0.6) is 0 Å². The maximum Gasteiger partial charge on any atom is 0.231 e. The van der Waals surface area contributed by atoms with Crippen molar-refractivity contribution in [1.82, 2.24) is 15.0 Å². The van der Waals surface area contributed by atoms with E-state index < -0.39 is 0 Å². The van der Waals surface area contributed by atoms with E-state index in [-0.39, 0.29) is 0 Å². The molecular weight excluding hydrogens is 216 g/mol. The van der Waals surface area contributed by atoms with Crippen molar-refractivity contribution in [1.29, 1.82) is 0 Å². The summed E-state index contributed by atoms with van der Waals surface area (Å²) in [6, 6.07) is 0. The van der Waals surface area contributed by atoms with Crippen LogP contribution < -0.4 is 15.1 Å². The lowest BCUT2D eigenvalue weighted by atomic mass is 10.4. The lowest BCUT2D eigenvalue weighted by Gasteiger charge is -2.19. The van der Waals surface area contributed by atoms with Crippen LogP contribution in [-0.4, -0.2) is 49.7 Å². The lowest BCUT2D eigenvalue weighted by molar-refractivity contribution is 0.759. The molecule has 1 aliphatic rings. The maximum atomic E-state index is 4.45. The molecule has 1 N–H and O–H groups in total. The topological polar surface area (TPSA) is 57.2 Å². The normalized spacial score (nSPS) is 14.6. The number of anilines is 3. The summed E-state index contributed by atoms with van der Waals surface area (Å²) in [4.78, 5) is 17.1. The zero-order chi connectivity index (χ0) is 12.4. The van der Waals surface area contributed by atoms with Crippen LogP contribution in [0.4, 0.5) is 17.8 Å². The van der Waals surface area contributed by atoms with Gasteiger partial charge in [0.25, 0.3) is 0 Å². The van der Waals surface area contributed by atoms with Crippen molar-refractivity contribution in [2.24, 2.45) is 5.92 Å². The second kappa shape index (κ2) is 4.73. The average molecular weight is 236 g/mol. The van der Waals surface area contributed by atoms with E-state index in [0.717, 1.165) is 18.4 Å². The smallest absolute Gasteiger partial charge is 0.231 e. The molecule has 6 heteroatoms. The molecule has 2 rings (SSSR count). The molecule has 0 radical (unpaired) electrons. The van der Waals surface area contributed by atoms with E-state index in [4.69, 9.17) is 0 Å². The second-order valence-corrected chi connectivity index (χ2v) is 4.73. The highest BCUT2D eigenvalue weighted by Gasteiger charge is 2.24. The molecule has 0 aliphatic heterocycles. The van der Waals surface area contributed by atoms with E-state index >= 15 is 0 Å². The first-order chi connectivity index (χ1) is 8.10. The maximum absolute atomic E-state index is 4.45. The molecule has 1 fully saturated rings. The fourth-order valence-electron chi connectivity index (χ4n) is 1.61. The molecule has 1 heterocycles. The summed E-state index contributed by atoms with van der Waals surface area (Å²) in [6.45, 7) is 1.03. The third-order valence-corrected chi connectivity index (χ3v) is 2.81. The molecule has 0 spiro atoms. The van der Waals surface area contributed by atoms with Crippen LogP contribution in [0.1, 0.15) is 12.8 Å². The average Bonchev–Trinajstić information content (AvgIpc) is 3.12. The number of hydrogen-bond acceptors (Lipinski definition) is 6. The molecule has 94 valence electrons. The number of aromatic nitrogens is 3. The molecular formula is C11H20N6. The Bertz CT molecular complexity index is 388. The SMILES string of the molecule is CNc1nc(N(C)C)nc(N(C)CC2CC2)n1. The molecule has 1 aliphatic carbocycles. The number of rotatable bonds is 5. The highest BCUT2D eigenvalue weighted by Crippen LogP contribution is 2.30. The Hall–Kier alpha value is -1.59. The van der Waals surface area contributed by atoms with Gasteiger partial charge < -0.3 is 15.1 Å². The van der Waals surface area contributed by atoms with E-state index in [0.29, 0.717) is 11.9 Å². The molecule has 1 saturated carbocycles. The minimum absolute atomic E-state index is 0.612. The van der Waals surface area contributed by atoms with Gasteiger partial charge in [0.05, 0.1) is 0 Å². The van der Waals surface area contributed by atoms with Crippen LogP contribution in [0.3, 0.4) is 0 Å². The third kappa shape index (κ3) is 2.95. The van der Waals surface area contributed by atoms with Gasteiger partial charge in [0.1, 0.15) is 0 Å². The first-order valence-corrected chi connectivity index (χ1v) is 5.92. The van der Waals surface area contributed by atoms with E-state index in [1.165, 1.54) is 12.8 Å². The summed E-state index contributed by atoms with van der Waals surface area (Å²) in [5, 5.41) is 2.97. The number of hydrogen-bond donors (Lipinski definition) is 1. The predicted octanol–water partition coefficient (Wildman–Crippen LogP) is 0.825. The van der Waals surface area contributed by atoms with Crippen molar-refractivity contribution in [3.63, 3.8) is 0 Å². The van der Waals surface area contributed by atoms with Crippen LogP contribution in [-0.2, 0) is 0 Å². The van der Waals surface area contributed by atoms with Crippen molar-refractivity contribution in [3.8, 4) is 0 Å². The Morgan fingerprint density at radius 3 is 2.29 bits per heavy atom. The largest absolute Gasteiger partial charge is 0.357 e.